The predicted octanol–water partition coefficient (Wildman–Crippen LogP) is 2.83. The first-order chi connectivity index (χ1) is 18.3. The molecule has 15 heteroatoms. The van der Waals surface area contributed by atoms with Crippen molar-refractivity contribution in [3.8, 4) is 0 Å². The Kier molecular flexibility index (Phi) is 8.23. The molecule has 1 aromatic carbocycles. The van der Waals surface area contributed by atoms with Crippen LogP contribution >= 0.6 is 12.1 Å². The number of benzene rings is 1. The second-order valence-electron chi connectivity index (χ2n) is 9.37. The molecule has 4 heterocycles. The van der Waals surface area contributed by atoms with Crippen LogP contribution in [0.25, 0.3) is 0 Å². The lowest BCUT2D eigenvalue weighted by atomic mass is 9.97. The zero-order valence-electron chi connectivity index (χ0n) is 21.1. The number of likely N-dealkylation sites (tertiary alicyclic amines) is 1. The van der Waals surface area contributed by atoms with Crippen LogP contribution in [-0.2, 0) is 19.6 Å². The lowest BCUT2D eigenvalue weighted by Crippen LogP contribution is -2.46. The summed E-state index contributed by atoms with van der Waals surface area (Å²) in [6.45, 7) is 2.04. The number of amides is 1. The molecule has 0 aromatic heterocycles. The lowest BCUT2D eigenvalue weighted by molar-refractivity contribution is -0.192. The van der Waals surface area contributed by atoms with E-state index in [9.17, 15) is 26.4 Å². The number of hydrogen-bond acceptors (Lipinski definition) is 8. The quantitative estimate of drug-likeness (QED) is 0.514. The van der Waals surface area contributed by atoms with E-state index in [1.165, 1.54) is 16.4 Å². The molecule has 39 heavy (non-hydrogen) atoms. The van der Waals surface area contributed by atoms with Gasteiger partial charge in [0.2, 0.25) is 5.91 Å². The van der Waals surface area contributed by atoms with Gasteiger partial charge < -0.3 is 19.6 Å². The number of allylic oxidation sites excluding steroid dienone is 2. The van der Waals surface area contributed by atoms with Gasteiger partial charge in [0.1, 0.15) is 4.91 Å². The molecule has 1 fully saturated rings. The number of likely N-dealkylation sites (N-methyl/N-ethyl adjacent to an activating group) is 1. The van der Waals surface area contributed by atoms with Crippen molar-refractivity contribution >= 4 is 39.7 Å². The standard InChI is InChI=1S/C22H27N5O3S2.C2HF3O2/c1-24-12-9-16(10-13-24)25(2)22(28)18-15-27(19-7-4-3-6-17(18)19)32(29,30)21-8-5-11-26-20(21)14-23-31-26;3-2(4,5)1(6)7/h3-8,11,14,16,18,23H,9-10,12-13,15H2,1-2H3;(H,6,7). The van der Waals surface area contributed by atoms with E-state index in [1.807, 2.05) is 36.3 Å². The maximum absolute atomic E-state index is 13.8. The summed E-state index contributed by atoms with van der Waals surface area (Å²) < 4.78 is 65.4. The molecule has 1 atom stereocenters. The first-order valence-electron chi connectivity index (χ1n) is 12.0. The number of nitrogens with zero attached hydrogens (tertiary/aromatic N) is 4. The van der Waals surface area contributed by atoms with Gasteiger partial charge in [-0.25, -0.2) is 13.2 Å². The summed E-state index contributed by atoms with van der Waals surface area (Å²) >= 11 is 1.32. The number of aliphatic carboxylic acids is 1. The minimum atomic E-state index is -5.08. The molecular formula is C24H28F3N5O5S2. The Labute approximate surface area is 228 Å². The predicted molar refractivity (Wildman–Crippen MR) is 140 cm³/mol. The molecule has 1 unspecified atom stereocenters. The van der Waals surface area contributed by atoms with Gasteiger partial charge in [-0.15, -0.1) is 0 Å². The summed E-state index contributed by atoms with van der Waals surface area (Å²) in [5.41, 5.74) is 1.95. The molecule has 0 bridgehead atoms. The van der Waals surface area contributed by atoms with Crippen LogP contribution in [0.4, 0.5) is 18.9 Å². The third-order valence-electron chi connectivity index (χ3n) is 6.93. The normalized spacial score (nSPS) is 21.2. The largest absolute Gasteiger partial charge is 0.490 e. The van der Waals surface area contributed by atoms with Crippen molar-refractivity contribution in [3.63, 3.8) is 0 Å². The summed E-state index contributed by atoms with van der Waals surface area (Å²) in [4.78, 5) is 26.8. The smallest absolute Gasteiger partial charge is 0.475 e. The van der Waals surface area contributed by atoms with E-state index < -0.39 is 28.1 Å². The first kappa shape index (κ1) is 28.8. The van der Waals surface area contributed by atoms with E-state index >= 15 is 0 Å². The fourth-order valence-corrected chi connectivity index (χ4v) is 7.19. The van der Waals surface area contributed by atoms with Crippen LogP contribution in [0.3, 0.4) is 0 Å². The number of carbonyl (C=O) groups excluding carboxylic acids is 1. The van der Waals surface area contributed by atoms with Gasteiger partial charge in [-0.05, 0) is 56.8 Å². The minimum absolute atomic E-state index is 0.0128. The van der Waals surface area contributed by atoms with Gasteiger partial charge in [0.05, 0.1) is 36.0 Å². The number of halogens is 3. The Morgan fingerprint density at radius 3 is 2.46 bits per heavy atom. The second kappa shape index (κ2) is 11.1. The van der Waals surface area contributed by atoms with Gasteiger partial charge in [0.15, 0.2) is 0 Å². The van der Waals surface area contributed by atoms with Crippen molar-refractivity contribution in [2.75, 3.05) is 38.0 Å². The fourth-order valence-electron chi connectivity index (χ4n) is 4.79. The number of hydrogen-bond donors (Lipinski definition) is 2. The highest BCUT2D eigenvalue weighted by atomic mass is 32.2. The molecular weight excluding hydrogens is 559 g/mol. The Hall–Kier alpha value is -3.17. The molecule has 1 aromatic rings. The number of piperidine rings is 1. The van der Waals surface area contributed by atoms with E-state index in [0.29, 0.717) is 11.4 Å². The molecule has 4 aliphatic heterocycles. The number of alkyl halides is 3. The molecule has 0 spiro atoms. The number of fused-ring (bicyclic) bond motifs is 2. The summed E-state index contributed by atoms with van der Waals surface area (Å²) in [5, 5.41) is 7.12. The number of para-hydroxylation sites is 1. The van der Waals surface area contributed by atoms with Gasteiger partial charge in [0.25, 0.3) is 10.0 Å². The van der Waals surface area contributed by atoms with Crippen LogP contribution in [0.1, 0.15) is 24.3 Å². The Morgan fingerprint density at radius 2 is 1.82 bits per heavy atom. The minimum Gasteiger partial charge on any atom is -0.475 e. The zero-order chi connectivity index (χ0) is 28.5. The Bertz CT molecular complexity index is 1320. The Balaban J connectivity index is 0.000000448. The van der Waals surface area contributed by atoms with E-state index in [0.717, 1.165) is 31.5 Å². The molecule has 0 aliphatic carbocycles. The van der Waals surface area contributed by atoms with Gasteiger partial charge in [-0.2, -0.15) is 13.2 Å². The fraction of sp³-hybridized carbons (Fsp3) is 0.417. The summed E-state index contributed by atoms with van der Waals surface area (Å²) in [5.74, 6) is -3.28. The van der Waals surface area contributed by atoms with Crippen LogP contribution in [-0.4, -0.2) is 85.5 Å². The van der Waals surface area contributed by atoms with Gasteiger partial charge >= 0.3 is 12.1 Å². The maximum Gasteiger partial charge on any atom is 0.490 e. The number of carbonyl (C=O) groups is 2. The van der Waals surface area contributed by atoms with Crippen molar-refractivity contribution in [3.05, 3.63) is 65.0 Å². The molecule has 1 saturated heterocycles. The molecule has 4 aliphatic rings. The van der Waals surface area contributed by atoms with Crippen molar-refractivity contribution in [2.45, 2.75) is 31.0 Å². The zero-order valence-corrected chi connectivity index (χ0v) is 22.8. The van der Waals surface area contributed by atoms with Crippen LogP contribution < -0.4 is 9.03 Å². The summed E-state index contributed by atoms with van der Waals surface area (Å²) in [7, 11) is 0.102. The number of carboxylic acids is 1. The molecule has 2 N–H and O–H groups in total. The highest BCUT2D eigenvalue weighted by Crippen LogP contribution is 2.43. The van der Waals surface area contributed by atoms with E-state index in [4.69, 9.17) is 9.90 Å². The molecule has 1 amide bonds. The van der Waals surface area contributed by atoms with Crippen LogP contribution in [0.5, 0.6) is 0 Å². The van der Waals surface area contributed by atoms with E-state index in [2.05, 4.69) is 16.7 Å². The lowest BCUT2D eigenvalue weighted by Gasteiger charge is -2.36. The summed E-state index contributed by atoms with van der Waals surface area (Å²) in [6.07, 6.45) is 3.63. The molecule has 10 nitrogen and oxygen atoms in total. The number of nitrogens with one attached hydrogen (secondary N) is 1. The first-order valence-corrected chi connectivity index (χ1v) is 14.2. The Morgan fingerprint density at radius 1 is 1.18 bits per heavy atom. The van der Waals surface area contributed by atoms with Crippen molar-refractivity contribution in [1.82, 2.24) is 18.8 Å². The summed E-state index contributed by atoms with van der Waals surface area (Å²) in [6, 6.07) is 7.55. The SMILES string of the molecule is CN1CCC(N(C)C(=O)C2CN(S(=O)(=O)C3=CC=CN4SNC=C34)c3ccccc32)CC1.O=C(O)C(F)(F)F. The third kappa shape index (κ3) is 5.89. The van der Waals surface area contributed by atoms with Crippen LogP contribution in [0.2, 0.25) is 0 Å². The van der Waals surface area contributed by atoms with Crippen LogP contribution in [0.15, 0.2) is 59.4 Å². The molecule has 0 radical (unpaired) electrons. The highest BCUT2D eigenvalue weighted by molar-refractivity contribution is 7.97. The van der Waals surface area contributed by atoms with Crippen LogP contribution in [0, 0.1) is 0 Å². The average Bonchev–Trinajstić information content (AvgIpc) is 3.53. The van der Waals surface area contributed by atoms with Gasteiger partial charge in [-0.1, -0.05) is 18.2 Å². The molecule has 212 valence electrons. The third-order valence-corrected chi connectivity index (χ3v) is 9.49. The van der Waals surface area contributed by atoms with Crippen molar-refractivity contribution in [1.29, 1.82) is 0 Å². The molecule has 5 rings (SSSR count). The van der Waals surface area contributed by atoms with Gasteiger partial charge in [-0.3, -0.25) is 13.4 Å². The number of sulfonamides is 1. The average molecular weight is 588 g/mol. The monoisotopic (exact) mass is 587 g/mol. The highest BCUT2D eigenvalue weighted by Gasteiger charge is 2.44. The van der Waals surface area contributed by atoms with E-state index in [-0.39, 0.29) is 23.4 Å². The maximum atomic E-state index is 13.8. The molecule has 0 saturated carbocycles. The van der Waals surface area contributed by atoms with Crippen molar-refractivity contribution < 1.29 is 36.3 Å². The van der Waals surface area contributed by atoms with E-state index in [1.54, 1.807) is 28.7 Å². The number of rotatable bonds is 4. The second-order valence-corrected chi connectivity index (χ2v) is 12.0. The topological polar surface area (TPSA) is 114 Å². The number of carboxylic acid groups (broad SMARTS) is 1. The van der Waals surface area contributed by atoms with Gasteiger partial charge in [0, 0.05) is 25.5 Å². The van der Waals surface area contributed by atoms with Crippen molar-refractivity contribution in [2.24, 2.45) is 0 Å². The number of anilines is 1.